The third kappa shape index (κ3) is 5.14. The Labute approximate surface area is 63.3 Å². The van der Waals surface area contributed by atoms with Gasteiger partial charge in [-0.25, -0.2) is 0 Å². The molecule has 0 heteroatoms. The van der Waals surface area contributed by atoms with Crippen LogP contribution in [-0.2, 0) is 0 Å². The maximum atomic E-state index is 2.96. The van der Waals surface area contributed by atoms with Gasteiger partial charge in [0.15, 0.2) is 0 Å². The van der Waals surface area contributed by atoms with Gasteiger partial charge in [-0.15, -0.1) is 5.73 Å². The molecule has 0 aromatic rings. The SMILES string of the molecule is CC=C=CC=CC(C)=CC. The van der Waals surface area contributed by atoms with Gasteiger partial charge in [0.2, 0.25) is 0 Å². The highest BCUT2D eigenvalue weighted by Crippen LogP contribution is 1.92. The molecule has 0 heterocycles. The monoisotopic (exact) mass is 134 g/mol. The fourth-order valence-corrected chi connectivity index (χ4v) is 0.448. The molecule has 0 rings (SSSR count). The summed E-state index contributed by atoms with van der Waals surface area (Å²) >= 11 is 0. The van der Waals surface area contributed by atoms with Crippen LogP contribution in [0.15, 0.2) is 41.7 Å². The van der Waals surface area contributed by atoms with Gasteiger partial charge >= 0.3 is 0 Å². The van der Waals surface area contributed by atoms with Crippen molar-refractivity contribution >= 4 is 0 Å². The van der Waals surface area contributed by atoms with Gasteiger partial charge in [0, 0.05) is 0 Å². The van der Waals surface area contributed by atoms with E-state index in [0.717, 1.165) is 0 Å². The highest BCUT2D eigenvalue weighted by atomic mass is 13.8. The first-order valence-electron chi connectivity index (χ1n) is 3.48. The summed E-state index contributed by atoms with van der Waals surface area (Å²) in [4.78, 5) is 0. The van der Waals surface area contributed by atoms with Gasteiger partial charge in [-0.05, 0) is 32.9 Å². The zero-order valence-corrected chi connectivity index (χ0v) is 6.89. The summed E-state index contributed by atoms with van der Waals surface area (Å²) in [5.74, 6) is 0. The van der Waals surface area contributed by atoms with Crippen LogP contribution < -0.4 is 0 Å². The predicted molar refractivity (Wildman–Crippen MR) is 46.9 cm³/mol. The molecule has 0 radical (unpaired) electrons. The van der Waals surface area contributed by atoms with Gasteiger partial charge in [-0.1, -0.05) is 23.8 Å². The van der Waals surface area contributed by atoms with Crippen molar-refractivity contribution in [3.05, 3.63) is 41.7 Å². The average Bonchev–Trinajstić information content (AvgIpc) is 1.98. The second-order valence-corrected chi connectivity index (χ2v) is 2.01. The summed E-state index contributed by atoms with van der Waals surface area (Å²) in [6.07, 6.45) is 9.88. The Balaban J connectivity index is 3.90. The lowest BCUT2D eigenvalue weighted by molar-refractivity contribution is 1.48. The van der Waals surface area contributed by atoms with Crippen LogP contribution in [0.3, 0.4) is 0 Å². The normalized spacial score (nSPS) is 11.3. The van der Waals surface area contributed by atoms with Crippen LogP contribution in [0.2, 0.25) is 0 Å². The summed E-state index contributed by atoms with van der Waals surface area (Å²) in [7, 11) is 0. The Morgan fingerprint density at radius 3 is 2.50 bits per heavy atom. The molecule has 0 unspecified atom stereocenters. The van der Waals surface area contributed by atoms with Crippen LogP contribution in [0.1, 0.15) is 20.8 Å². The first kappa shape index (κ1) is 9.00. The van der Waals surface area contributed by atoms with E-state index in [1.807, 2.05) is 32.1 Å². The Morgan fingerprint density at radius 2 is 2.00 bits per heavy atom. The third-order valence-electron chi connectivity index (χ3n) is 1.17. The fourth-order valence-electron chi connectivity index (χ4n) is 0.448. The van der Waals surface area contributed by atoms with Gasteiger partial charge in [0.05, 0.1) is 0 Å². The summed E-state index contributed by atoms with van der Waals surface area (Å²) in [5, 5.41) is 0. The highest BCUT2D eigenvalue weighted by molar-refractivity contribution is 5.18. The molecule has 0 fully saturated rings. The van der Waals surface area contributed by atoms with Crippen molar-refractivity contribution in [3.63, 3.8) is 0 Å². The smallest absolute Gasteiger partial charge is 0.0203 e. The molecule has 0 amide bonds. The van der Waals surface area contributed by atoms with Crippen molar-refractivity contribution in [2.24, 2.45) is 0 Å². The molecule has 0 aliphatic heterocycles. The Morgan fingerprint density at radius 1 is 1.30 bits per heavy atom. The van der Waals surface area contributed by atoms with Crippen molar-refractivity contribution in [2.75, 3.05) is 0 Å². The number of hydrogen-bond donors (Lipinski definition) is 0. The van der Waals surface area contributed by atoms with Gasteiger partial charge in [-0.3, -0.25) is 0 Å². The number of rotatable bonds is 2. The summed E-state index contributed by atoms with van der Waals surface area (Å²) in [6, 6.07) is 0. The van der Waals surface area contributed by atoms with Gasteiger partial charge in [-0.2, -0.15) is 0 Å². The van der Waals surface area contributed by atoms with Gasteiger partial charge in [0.25, 0.3) is 0 Å². The van der Waals surface area contributed by atoms with E-state index in [-0.39, 0.29) is 0 Å². The number of allylic oxidation sites excluding steroid dienone is 5. The van der Waals surface area contributed by atoms with E-state index in [1.54, 1.807) is 0 Å². The highest BCUT2D eigenvalue weighted by Gasteiger charge is 1.71. The molecule has 0 nitrogen and oxygen atoms in total. The molecule has 0 aliphatic rings. The minimum Gasteiger partial charge on any atom is -0.125 e. The molecule has 0 spiro atoms. The second kappa shape index (κ2) is 6.12. The topological polar surface area (TPSA) is 0 Å². The molecule has 0 saturated carbocycles. The Kier molecular flexibility index (Phi) is 5.51. The van der Waals surface area contributed by atoms with Crippen molar-refractivity contribution < 1.29 is 0 Å². The van der Waals surface area contributed by atoms with Crippen molar-refractivity contribution in [2.45, 2.75) is 20.8 Å². The van der Waals surface area contributed by atoms with Crippen molar-refractivity contribution in [1.82, 2.24) is 0 Å². The fraction of sp³-hybridized carbons (Fsp3) is 0.300. The third-order valence-corrected chi connectivity index (χ3v) is 1.17. The van der Waals surface area contributed by atoms with Crippen molar-refractivity contribution in [3.8, 4) is 0 Å². The molecule has 0 N–H and O–H groups in total. The molecule has 54 valence electrons. The molecule has 0 saturated heterocycles. The molecular weight excluding hydrogens is 120 g/mol. The van der Waals surface area contributed by atoms with Gasteiger partial charge < -0.3 is 0 Å². The summed E-state index contributed by atoms with van der Waals surface area (Å²) in [6.45, 7) is 6.05. The van der Waals surface area contributed by atoms with E-state index in [2.05, 4.69) is 24.8 Å². The van der Waals surface area contributed by atoms with Crippen LogP contribution in [0.4, 0.5) is 0 Å². The summed E-state index contributed by atoms with van der Waals surface area (Å²) < 4.78 is 0. The molecule has 0 aromatic carbocycles. The largest absolute Gasteiger partial charge is 0.125 e. The number of hydrogen-bond acceptors (Lipinski definition) is 0. The van der Waals surface area contributed by atoms with E-state index in [0.29, 0.717) is 0 Å². The molecule has 0 bridgehead atoms. The van der Waals surface area contributed by atoms with E-state index in [4.69, 9.17) is 0 Å². The molecule has 0 aliphatic carbocycles. The lowest BCUT2D eigenvalue weighted by atomic mass is 10.2. The quantitative estimate of drug-likeness (QED) is 0.401. The van der Waals surface area contributed by atoms with Crippen LogP contribution in [0.5, 0.6) is 0 Å². The predicted octanol–water partition coefficient (Wildman–Crippen LogP) is 3.24. The molecule has 0 atom stereocenters. The zero-order chi connectivity index (χ0) is 7.82. The van der Waals surface area contributed by atoms with E-state index >= 15 is 0 Å². The maximum absolute atomic E-state index is 2.96. The minimum atomic E-state index is 1.27. The second-order valence-electron chi connectivity index (χ2n) is 2.01. The minimum absolute atomic E-state index is 1.27. The van der Waals surface area contributed by atoms with Crippen molar-refractivity contribution in [1.29, 1.82) is 0 Å². The lowest BCUT2D eigenvalue weighted by Crippen LogP contribution is -1.61. The lowest BCUT2D eigenvalue weighted by Gasteiger charge is -1.82. The first-order valence-corrected chi connectivity index (χ1v) is 3.48. The average molecular weight is 134 g/mol. The Bertz CT molecular complexity index is 186. The molecule has 0 aromatic heterocycles. The molecule has 10 heavy (non-hydrogen) atoms. The summed E-state index contributed by atoms with van der Waals surface area (Å²) in [5.41, 5.74) is 4.24. The first-order chi connectivity index (χ1) is 4.81. The van der Waals surface area contributed by atoms with E-state index in [9.17, 15) is 0 Å². The standard InChI is InChI=1S/C10H14/c1-4-6-7-8-9-10(3)5-2/h4-5,7-9H,1-3H3. The maximum Gasteiger partial charge on any atom is -0.0203 e. The van der Waals surface area contributed by atoms with Crippen LogP contribution in [-0.4, -0.2) is 0 Å². The molecular formula is C10H14. The van der Waals surface area contributed by atoms with Gasteiger partial charge in [0.1, 0.15) is 0 Å². The Hall–Kier alpha value is -1.00. The van der Waals surface area contributed by atoms with Crippen LogP contribution in [0.25, 0.3) is 0 Å². The van der Waals surface area contributed by atoms with E-state index in [1.165, 1.54) is 5.57 Å². The van der Waals surface area contributed by atoms with E-state index < -0.39 is 0 Å². The zero-order valence-electron chi connectivity index (χ0n) is 6.89. The van der Waals surface area contributed by atoms with Crippen LogP contribution in [0, 0.1) is 0 Å². The van der Waals surface area contributed by atoms with Crippen LogP contribution >= 0.6 is 0 Å².